The summed E-state index contributed by atoms with van der Waals surface area (Å²) < 4.78 is 1.52. The molecule has 0 saturated heterocycles. The summed E-state index contributed by atoms with van der Waals surface area (Å²) in [4.78, 5) is 12.5. The van der Waals surface area contributed by atoms with Crippen molar-refractivity contribution in [3.63, 3.8) is 0 Å². The first-order chi connectivity index (χ1) is 10.2. The minimum Gasteiger partial charge on any atom is -0.477 e. The van der Waals surface area contributed by atoms with E-state index in [1.165, 1.54) is 4.68 Å². The van der Waals surface area contributed by atoms with Crippen molar-refractivity contribution in [2.24, 2.45) is 0 Å². The van der Waals surface area contributed by atoms with E-state index in [4.69, 9.17) is 0 Å². The topological polar surface area (TPSA) is 55.1 Å². The maximum absolute atomic E-state index is 11.5. The number of para-hydroxylation sites is 1. The molecular weight excluding hydrogens is 284 g/mol. The van der Waals surface area contributed by atoms with Gasteiger partial charge in [-0.05, 0) is 29.5 Å². The largest absolute Gasteiger partial charge is 0.477 e. The highest BCUT2D eigenvalue weighted by molar-refractivity contribution is 7.13. The van der Waals surface area contributed by atoms with Gasteiger partial charge >= 0.3 is 5.97 Å². The minimum atomic E-state index is -0.976. The number of carbonyl (C=O) groups is 1. The maximum atomic E-state index is 11.5. The Bertz CT molecular complexity index is 775. The van der Waals surface area contributed by atoms with Crippen LogP contribution in [0.25, 0.3) is 16.3 Å². The molecular formula is C16H14N2O2S. The van der Waals surface area contributed by atoms with Gasteiger partial charge in [-0.1, -0.05) is 31.2 Å². The Balaban J connectivity index is 2.19. The van der Waals surface area contributed by atoms with Gasteiger partial charge in [-0.2, -0.15) is 5.10 Å². The highest BCUT2D eigenvalue weighted by atomic mass is 32.1. The van der Waals surface area contributed by atoms with Crippen molar-refractivity contribution in [3.8, 4) is 16.3 Å². The Kier molecular flexibility index (Phi) is 3.58. The first-order valence-electron chi connectivity index (χ1n) is 6.66. The van der Waals surface area contributed by atoms with Gasteiger partial charge < -0.3 is 5.11 Å². The summed E-state index contributed by atoms with van der Waals surface area (Å²) in [5, 5.41) is 15.9. The molecule has 0 saturated carbocycles. The Hall–Kier alpha value is -2.40. The number of hydrogen-bond donors (Lipinski definition) is 1. The molecule has 0 aliphatic rings. The highest BCUT2D eigenvalue weighted by Gasteiger charge is 2.18. The zero-order valence-corrected chi connectivity index (χ0v) is 12.3. The predicted octanol–water partition coefficient (Wildman–Crippen LogP) is 3.86. The second-order valence-electron chi connectivity index (χ2n) is 4.59. The average Bonchev–Trinajstić information content (AvgIpc) is 3.16. The van der Waals surface area contributed by atoms with Crippen LogP contribution in [-0.4, -0.2) is 20.9 Å². The van der Waals surface area contributed by atoms with E-state index in [1.54, 1.807) is 17.4 Å². The molecule has 0 atom stereocenters. The average molecular weight is 298 g/mol. The van der Waals surface area contributed by atoms with Crippen LogP contribution >= 0.6 is 11.3 Å². The number of carboxylic acid groups (broad SMARTS) is 1. The van der Waals surface area contributed by atoms with E-state index in [1.807, 2.05) is 48.7 Å². The smallest absolute Gasteiger partial charge is 0.354 e. The van der Waals surface area contributed by atoms with Crippen LogP contribution < -0.4 is 0 Å². The van der Waals surface area contributed by atoms with Crippen LogP contribution in [-0.2, 0) is 6.42 Å². The number of hydrogen-bond acceptors (Lipinski definition) is 3. The summed E-state index contributed by atoms with van der Waals surface area (Å²) in [5.74, 6) is -0.976. The number of aromatic carboxylic acids is 1. The summed E-state index contributed by atoms with van der Waals surface area (Å²) in [6, 6.07) is 13.2. The first-order valence-corrected chi connectivity index (χ1v) is 7.54. The summed E-state index contributed by atoms with van der Waals surface area (Å²) in [5.41, 5.74) is 2.76. The van der Waals surface area contributed by atoms with Gasteiger partial charge in [-0.25, -0.2) is 9.48 Å². The van der Waals surface area contributed by atoms with E-state index in [9.17, 15) is 9.90 Å². The lowest BCUT2D eigenvalue weighted by Gasteiger charge is -2.09. The molecule has 0 amide bonds. The Morgan fingerprint density at radius 3 is 2.76 bits per heavy atom. The van der Waals surface area contributed by atoms with Gasteiger partial charge in [0.1, 0.15) is 5.69 Å². The third kappa shape index (κ3) is 2.48. The lowest BCUT2D eigenvalue weighted by molar-refractivity contribution is 0.0687. The van der Waals surface area contributed by atoms with Crippen LogP contribution in [0, 0.1) is 0 Å². The van der Waals surface area contributed by atoms with Gasteiger partial charge in [0, 0.05) is 6.07 Å². The molecule has 5 heteroatoms. The van der Waals surface area contributed by atoms with Crippen LogP contribution in [0.5, 0.6) is 0 Å². The molecule has 4 nitrogen and oxygen atoms in total. The summed E-state index contributed by atoms with van der Waals surface area (Å²) >= 11 is 1.55. The number of aryl methyl sites for hydroxylation is 1. The Labute approximate surface area is 126 Å². The SMILES string of the molecule is CCc1ccccc1-n1nc(-c2cccs2)cc1C(=O)O. The third-order valence-electron chi connectivity index (χ3n) is 3.30. The van der Waals surface area contributed by atoms with Crippen molar-refractivity contribution in [1.29, 1.82) is 0 Å². The van der Waals surface area contributed by atoms with Crippen molar-refractivity contribution in [1.82, 2.24) is 9.78 Å². The number of benzene rings is 1. The van der Waals surface area contributed by atoms with Gasteiger partial charge in [-0.15, -0.1) is 11.3 Å². The van der Waals surface area contributed by atoms with Gasteiger partial charge in [0.2, 0.25) is 0 Å². The first kappa shape index (κ1) is 13.6. The second-order valence-corrected chi connectivity index (χ2v) is 5.54. The fourth-order valence-electron chi connectivity index (χ4n) is 2.28. The van der Waals surface area contributed by atoms with E-state index in [-0.39, 0.29) is 5.69 Å². The molecule has 0 radical (unpaired) electrons. The fraction of sp³-hybridized carbons (Fsp3) is 0.125. The van der Waals surface area contributed by atoms with E-state index in [0.717, 1.165) is 22.5 Å². The van der Waals surface area contributed by atoms with Crippen LogP contribution in [0.1, 0.15) is 23.0 Å². The minimum absolute atomic E-state index is 0.180. The van der Waals surface area contributed by atoms with E-state index < -0.39 is 5.97 Å². The van der Waals surface area contributed by atoms with Crippen molar-refractivity contribution in [3.05, 3.63) is 59.1 Å². The molecule has 0 fully saturated rings. The molecule has 3 aromatic rings. The van der Waals surface area contributed by atoms with Crippen LogP contribution in [0.15, 0.2) is 47.8 Å². The summed E-state index contributed by atoms with van der Waals surface area (Å²) in [6.07, 6.45) is 0.823. The lowest BCUT2D eigenvalue weighted by Crippen LogP contribution is -2.09. The van der Waals surface area contributed by atoms with E-state index in [0.29, 0.717) is 5.69 Å². The molecule has 0 aliphatic heterocycles. The Morgan fingerprint density at radius 1 is 1.29 bits per heavy atom. The van der Waals surface area contributed by atoms with Crippen molar-refractivity contribution < 1.29 is 9.90 Å². The Morgan fingerprint density at radius 2 is 2.10 bits per heavy atom. The molecule has 2 aromatic heterocycles. The molecule has 106 valence electrons. The number of thiophene rings is 1. The van der Waals surface area contributed by atoms with Gasteiger partial charge in [0.05, 0.1) is 10.6 Å². The standard InChI is InChI=1S/C16H14N2O2S/c1-2-11-6-3-4-7-13(11)18-14(16(19)20)10-12(17-18)15-8-5-9-21-15/h3-10H,2H2,1H3,(H,19,20). The van der Waals surface area contributed by atoms with Crippen molar-refractivity contribution in [2.45, 2.75) is 13.3 Å². The molecule has 21 heavy (non-hydrogen) atoms. The quantitative estimate of drug-likeness (QED) is 0.795. The van der Waals surface area contributed by atoms with E-state index in [2.05, 4.69) is 5.10 Å². The zero-order valence-electron chi connectivity index (χ0n) is 11.5. The van der Waals surface area contributed by atoms with Crippen LogP contribution in [0.2, 0.25) is 0 Å². The van der Waals surface area contributed by atoms with Crippen molar-refractivity contribution >= 4 is 17.3 Å². The molecule has 0 unspecified atom stereocenters. The number of carboxylic acids is 1. The van der Waals surface area contributed by atoms with Crippen LogP contribution in [0.4, 0.5) is 0 Å². The summed E-state index contributed by atoms with van der Waals surface area (Å²) in [6.45, 7) is 2.04. The number of rotatable bonds is 4. The molecule has 2 heterocycles. The number of aromatic nitrogens is 2. The number of nitrogens with zero attached hydrogens (tertiary/aromatic N) is 2. The van der Waals surface area contributed by atoms with Gasteiger partial charge in [-0.3, -0.25) is 0 Å². The molecule has 1 N–H and O–H groups in total. The molecule has 0 spiro atoms. The molecule has 0 aliphatic carbocycles. The van der Waals surface area contributed by atoms with E-state index >= 15 is 0 Å². The molecule has 0 bridgehead atoms. The monoisotopic (exact) mass is 298 g/mol. The molecule has 3 rings (SSSR count). The maximum Gasteiger partial charge on any atom is 0.354 e. The van der Waals surface area contributed by atoms with Crippen LogP contribution in [0.3, 0.4) is 0 Å². The second kappa shape index (κ2) is 5.54. The highest BCUT2D eigenvalue weighted by Crippen LogP contribution is 2.26. The molecule has 1 aromatic carbocycles. The zero-order chi connectivity index (χ0) is 14.8. The summed E-state index contributed by atoms with van der Waals surface area (Å²) in [7, 11) is 0. The lowest BCUT2D eigenvalue weighted by atomic mass is 10.1. The third-order valence-corrected chi connectivity index (χ3v) is 4.20. The van der Waals surface area contributed by atoms with Gasteiger partial charge in [0.15, 0.2) is 5.69 Å². The normalized spacial score (nSPS) is 10.7. The van der Waals surface area contributed by atoms with Crippen molar-refractivity contribution in [2.75, 3.05) is 0 Å². The fourth-order valence-corrected chi connectivity index (χ4v) is 2.96. The van der Waals surface area contributed by atoms with Gasteiger partial charge in [0.25, 0.3) is 0 Å². The predicted molar refractivity (Wildman–Crippen MR) is 83.2 cm³/mol.